The van der Waals surface area contributed by atoms with Crippen LogP contribution in [0.25, 0.3) is 0 Å². The van der Waals surface area contributed by atoms with Gasteiger partial charge in [0.05, 0.1) is 12.4 Å². The van der Waals surface area contributed by atoms with Crippen molar-refractivity contribution in [1.82, 2.24) is 9.97 Å². The fraction of sp³-hybridized carbons (Fsp3) is 0.267. The van der Waals surface area contributed by atoms with Gasteiger partial charge >= 0.3 is 0 Å². The van der Waals surface area contributed by atoms with Gasteiger partial charge in [-0.05, 0) is 24.0 Å². The molecule has 0 amide bonds. The maximum atomic E-state index is 5.81. The highest BCUT2D eigenvalue weighted by molar-refractivity contribution is 7.80. The number of hydrogen-bond acceptors (Lipinski definition) is 4. The maximum Gasteiger partial charge on any atom is 0.237 e. The number of para-hydroxylation sites is 1. The van der Waals surface area contributed by atoms with Crippen molar-refractivity contribution in [1.29, 1.82) is 0 Å². The van der Waals surface area contributed by atoms with Crippen molar-refractivity contribution in [2.75, 3.05) is 0 Å². The van der Waals surface area contributed by atoms with E-state index in [0.717, 1.165) is 17.7 Å². The first-order valence-corrected chi connectivity index (χ1v) is 6.91. The molecule has 0 fully saturated rings. The van der Waals surface area contributed by atoms with Gasteiger partial charge in [-0.15, -0.1) is 0 Å². The lowest BCUT2D eigenvalue weighted by Gasteiger charge is -2.14. The molecule has 4 nitrogen and oxygen atoms in total. The van der Waals surface area contributed by atoms with Crippen LogP contribution in [0.5, 0.6) is 11.6 Å². The predicted octanol–water partition coefficient (Wildman–Crippen LogP) is 3.42. The van der Waals surface area contributed by atoms with Crippen LogP contribution >= 0.6 is 12.2 Å². The molecule has 1 aromatic carbocycles. The largest absolute Gasteiger partial charge is 0.437 e. The summed E-state index contributed by atoms with van der Waals surface area (Å²) in [5, 5.41) is 0. The summed E-state index contributed by atoms with van der Waals surface area (Å²) < 4.78 is 5.81. The number of rotatable bonds is 5. The highest BCUT2D eigenvalue weighted by Gasteiger charge is 2.11. The molecule has 0 aliphatic carbocycles. The second-order valence-corrected chi connectivity index (χ2v) is 4.99. The van der Waals surface area contributed by atoms with E-state index in [0.29, 0.717) is 17.5 Å². The van der Waals surface area contributed by atoms with Crippen molar-refractivity contribution >= 4 is 17.2 Å². The van der Waals surface area contributed by atoms with E-state index < -0.39 is 0 Å². The fourth-order valence-electron chi connectivity index (χ4n) is 1.81. The Bertz CT molecular complexity index is 598. The average molecular weight is 287 g/mol. The Hall–Kier alpha value is -2.01. The first-order chi connectivity index (χ1) is 9.61. The molecule has 20 heavy (non-hydrogen) atoms. The molecular weight excluding hydrogens is 270 g/mol. The molecule has 5 heteroatoms. The second kappa shape index (κ2) is 6.43. The van der Waals surface area contributed by atoms with Crippen molar-refractivity contribution < 1.29 is 4.74 Å². The van der Waals surface area contributed by atoms with Gasteiger partial charge in [0, 0.05) is 0 Å². The zero-order valence-corrected chi connectivity index (χ0v) is 12.4. The molecule has 1 unspecified atom stereocenters. The molecular formula is C15H17N3OS. The normalized spacial score (nSPS) is 11.9. The van der Waals surface area contributed by atoms with Crippen LogP contribution in [0.2, 0.25) is 0 Å². The van der Waals surface area contributed by atoms with E-state index in [1.807, 2.05) is 18.2 Å². The number of nitrogens with two attached hydrogens (primary N) is 1. The lowest BCUT2D eigenvalue weighted by atomic mass is 9.98. The molecule has 2 rings (SSSR count). The van der Waals surface area contributed by atoms with Gasteiger partial charge in [0.1, 0.15) is 16.4 Å². The van der Waals surface area contributed by atoms with Gasteiger partial charge in [0.15, 0.2) is 0 Å². The maximum absolute atomic E-state index is 5.81. The standard InChI is InChI=1S/C15H17N3OS/c1-3-10(2)11-6-4-5-7-13(11)19-14-9-17-12(8-18-14)15(16)20/h4-10H,3H2,1-2H3,(H2,16,20). The molecule has 104 valence electrons. The summed E-state index contributed by atoms with van der Waals surface area (Å²) in [6.45, 7) is 4.32. The summed E-state index contributed by atoms with van der Waals surface area (Å²) in [6.07, 6.45) is 4.10. The van der Waals surface area contributed by atoms with Crippen LogP contribution in [0.15, 0.2) is 36.7 Å². The van der Waals surface area contributed by atoms with Gasteiger partial charge in [-0.2, -0.15) is 0 Å². The van der Waals surface area contributed by atoms with Crippen LogP contribution in [0.1, 0.15) is 37.4 Å². The molecule has 0 aliphatic rings. The van der Waals surface area contributed by atoms with E-state index in [-0.39, 0.29) is 4.99 Å². The predicted molar refractivity (Wildman–Crippen MR) is 83.1 cm³/mol. The van der Waals surface area contributed by atoms with Gasteiger partial charge in [-0.3, -0.25) is 0 Å². The zero-order chi connectivity index (χ0) is 14.5. The molecule has 0 spiro atoms. The Morgan fingerprint density at radius 3 is 2.65 bits per heavy atom. The third-order valence-electron chi connectivity index (χ3n) is 3.16. The quantitative estimate of drug-likeness (QED) is 0.854. The smallest absolute Gasteiger partial charge is 0.237 e. The van der Waals surface area contributed by atoms with E-state index >= 15 is 0 Å². The molecule has 1 aromatic heterocycles. The number of thiocarbonyl (C=S) groups is 1. The van der Waals surface area contributed by atoms with Crippen molar-refractivity contribution in [3.05, 3.63) is 47.9 Å². The first kappa shape index (κ1) is 14.4. The minimum absolute atomic E-state index is 0.226. The molecule has 0 bridgehead atoms. The number of hydrogen-bond donors (Lipinski definition) is 1. The number of benzene rings is 1. The van der Waals surface area contributed by atoms with Crippen LogP contribution in [-0.4, -0.2) is 15.0 Å². The van der Waals surface area contributed by atoms with E-state index in [1.165, 1.54) is 12.4 Å². The molecule has 0 aliphatic heterocycles. The van der Waals surface area contributed by atoms with Gasteiger partial charge in [0.25, 0.3) is 0 Å². The lowest BCUT2D eigenvalue weighted by Crippen LogP contribution is -2.11. The van der Waals surface area contributed by atoms with Crippen LogP contribution in [0.3, 0.4) is 0 Å². The van der Waals surface area contributed by atoms with Crippen LogP contribution in [0, 0.1) is 0 Å². The second-order valence-electron chi connectivity index (χ2n) is 4.55. The van der Waals surface area contributed by atoms with Gasteiger partial charge in [-0.1, -0.05) is 44.3 Å². The number of aromatic nitrogens is 2. The van der Waals surface area contributed by atoms with E-state index in [9.17, 15) is 0 Å². The van der Waals surface area contributed by atoms with Crippen LogP contribution < -0.4 is 10.5 Å². The molecule has 0 saturated carbocycles. The van der Waals surface area contributed by atoms with Gasteiger partial charge in [-0.25, -0.2) is 9.97 Å². The van der Waals surface area contributed by atoms with E-state index in [4.69, 9.17) is 22.7 Å². The number of ether oxygens (including phenoxy) is 1. The zero-order valence-electron chi connectivity index (χ0n) is 11.5. The minimum atomic E-state index is 0.226. The topological polar surface area (TPSA) is 61.0 Å². The van der Waals surface area contributed by atoms with Crippen molar-refractivity contribution in [3.63, 3.8) is 0 Å². The summed E-state index contributed by atoms with van der Waals surface area (Å²) in [4.78, 5) is 8.51. The fourth-order valence-corrected chi connectivity index (χ4v) is 1.91. The van der Waals surface area contributed by atoms with Crippen molar-refractivity contribution in [3.8, 4) is 11.6 Å². The summed E-state index contributed by atoms with van der Waals surface area (Å²) in [6, 6.07) is 7.96. The molecule has 2 N–H and O–H groups in total. The summed E-state index contributed by atoms with van der Waals surface area (Å²) >= 11 is 4.84. The third kappa shape index (κ3) is 3.30. The Morgan fingerprint density at radius 2 is 2.05 bits per heavy atom. The third-order valence-corrected chi connectivity index (χ3v) is 3.37. The minimum Gasteiger partial charge on any atom is -0.437 e. The molecule has 0 radical (unpaired) electrons. The van der Waals surface area contributed by atoms with E-state index in [2.05, 4.69) is 29.9 Å². The van der Waals surface area contributed by atoms with Gasteiger partial charge < -0.3 is 10.5 Å². The first-order valence-electron chi connectivity index (χ1n) is 6.50. The lowest BCUT2D eigenvalue weighted by molar-refractivity contribution is 0.449. The summed E-state index contributed by atoms with van der Waals surface area (Å²) in [5.41, 5.74) is 7.14. The van der Waals surface area contributed by atoms with Crippen molar-refractivity contribution in [2.45, 2.75) is 26.2 Å². The van der Waals surface area contributed by atoms with Crippen LogP contribution in [-0.2, 0) is 0 Å². The van der Waals surface area contributed by atoms with Gasteiger partial charge in [0.2, 0.25) is 5.88 Å². The van der Waals surface area contributed by atoms with Crippen molar-refractivity contribution in [2.24, 2.45) is 5.73 Å². The van der Waals surface area contributed by atoms with E-state index in [1.54, 1.807) is 0 Å². The van der Waals surface area contributed by atoms with Crippen LogP contribution in [0.4, 0.5) is 0 Å². The molecule has 2 aromatic rings. The highest BCUT2D eigenvalue weighted by atomic mass is 32.1. The summed E-state index contributed by atoms with van der Waals surface area (Å²) in [7, 11) is 0. The molecule has 1 heterocycles. The Kier molecular flexibility index (Phi) is 4.63. The average Bonchev–Trinajstić information content (AvgIpc) is 2.47. The Balaban J connectivity index is 2.23. The highest BCUT2D eigenvalue weighted by Crippen LogP contribution is 2.30. The monoisotopic (exact) mass is 287 g/mol. The SMILES string of the molecule is CCC(C)c1ccccc1Oc1cnc(C(N)=S)cn1. The Morgan fingerprint density at radius 1 is 1.30 bits per heavy atom. The molecule has 0 saturated heterocycles. The number of nitrogens with zero attached hydrogens (tertiary/aromatic N) is 2. The Labute approximate surface area is 124 Å². The summed E-state index contributed by atoms with van der Waals surface area (Å²) in [5.74, 6) is 1.66. The molecule has 1 atom stereocenters.